The van der Waals surface area contributed by atoms with Crippen LogP contribution in [-0.2, 0) is 6.42 Å². The molecule has 1 heterocycles. The van der Waals surface area contributed by atoms with Gasteiger partial charge in [-0.1, -0.05) is 37.6 Å². The largest absolute Gasteiger partial charge is 0.384 e. The van der Waals surface area contributed by atoms with Crippen LogP contribution in [0.4, 0.5) is 5.82 Å². The lowest BCUT2D eigenvalue weighted by molar-refractivity contribution is 0.795. The average Bonchev–Trinajstić information content (AvgIpc) is 2.37. The lowest BCUT2D eigenvalue weighted by Crippen LogP contribution is -1.94. The third kappa shape index (κ3) is 2.89. The van der Waals surface area contributed by atoms with Gasteiger partial charge < -0.3 is 5.73 Å². The summed E-state index contributed by atoms with van der Waals surface area (Å²) in [5.41, 5.74) is 10.4. The van der Waals surface area contributed by atoms with Crippen molar-refractivity contribution < 1.29 is 0 Å². The van der Waals surface area contributed by atoms with Crippen molar-refractivity contribution in [1.82, 2.24) is 4.98 Å². The first-order valence-corrected chi connectivity index (χ1v) is 6.53. The fraction of sp³-hybridized carbons (Fsp3) is 0.312. The van der Waals surface area contributed by atoms with Gasteiger partial charge in [0.1, 0.15) is 5.82 Å². The van der Waals surface area contributed by atoms with Crippen molar-refractivity contribution in [2.75, 3.05) is 5.73 Å². The maximum absolute atomic E-state index is 5.67. The monoisotopic (exact) mass is 240 g/mol. The zero-order valence-electron chi connectivity index (χ0n) is 11.1. The van der Waals surface area contributed by atoms with Crippen molar-refractivity contribution in [3.63, 3.8) is 0 Å². The summed E-state index contributed by atoms with van der Waals surface area (Å²) in [6.45, 7) is 4.22. The van der Waals surface area contributed by atoms with Crippen LogP contribution in [0.25, 0.3) is 11.1 Å². The van der Waals surface area contributed by atoms with Gasteiger partial charge in [0.25, 0.3) is 0 Å². The van der Waals surface area contributed by atoms with Crippen LogP contribution in [0.1, 0.15) is 31.0 Å². The molecule has 1 aromatic heterocycles. The van der Waals surface area contributed by atoms with E-state index in [-0.39, 0.29) is 0 Å². The van der Waals surface area contributed by atoms with E-state index in [1.54, 1.807) is 0 Å². The first-order valence-electron chi connectivity index (χ1n) is 6.53. The fourth-order valence-corrected chi connectivity index (χ4v) is 2.12. The molecule has 0 amide bonds. The second kappa shape index (κ2) is 5.67. The molecule has 2 aromatic rings. The van der Waals surface area contributed by atoms with Gasteiger partial charge in [-0.25, -0.2) is 4.98 Å². The number of pyridine rings is 1. The molecule has 0 spiro atoms. The summed E-state index contributed by atoms with van der Waals surface area (Å²) in [5.74, 6) is 0.579. The normalized spacial score (nSPS) is 10.6. The quantitative estimate of drug-likeness (QED) is 0.877. The van der Waals surface area contributed by atoms with Gasteiger partial charge in [-0.3, -0.25) is 0 Å². The number of nitrogens with two attached hydrogens (primary N) is 1. The molecule has 0 fully saturated rings. The predicted octanol–water partition coefficient (Wildman–Crippen LogP) is 3.98. The molecule has 0 aliphatic heterocycles. The Morgan fingerprint density at radius 3 is 2.39 bits per heavy atom. The molecule has 0 radical (unpaired) electrons. The number of aromatic nitrogens is 1. The van der Waals surface area contributed by atoms with Crippen LogP contribution < -0.4 is 5.73 Å². The number of rotatable bonds is 4. The molecule has 0 bridgehead atoms. The van der Waals surface area contributed by atoms with Gasteiger partial charge >= 0.3 is 0 Å². The number of unbranched alkanes of at least 4 members (excludes halogenated alkanes) is 1. The van der Waals surface area contributed by atoms with Crippen LogP contribution in [-0.4, -0.2) is 4.98 Å². The van der Waals surface area contributed by atoms with Gasteiger partial charge in [0.05, 0.1) is 0 Å². The van der Waals surface area contributed by atoms with Crippen molar-refractivity contribution in [3.8, 4) is 11.1 Å². The Hall–Kier alpha value is -1.83. The molecule has 0 aliphatic rings. The highest BCUT2D eigenvalue weighted by Gasteiger charge is 2.03. The van der Waals surface area contributed by atoms with Crippen LogP contribution in [0, 0.1) is 6.92 Å². The second-order valence-electron chi connectivity index (χ2n) is 4.67. The molecule has 0 atom stereocenters. The molecule has 94 valence electrons. The third-order valence-corrected chi connectivity index (χ3v) is 3.19. The molecule has 2 nitrogen and oxygen atoms in total. The maximum Gasteiger partial charge on any atom is 0.123 e. The van der Waals surface area contributed by atoms with Crippen LogP contribution in [0.2, 0.25) is 0 Å². The minimum atomic E-state index is 0.579. The van der Waals surface area contributed by atoms with E-state index >= 15 is 0 Å². The summed E-state index contributed by atoms with van der Waals surface area (Å²) >= 11 is 0. The van der Waals surface area contributed by atoms with Crippen LogP contribution in [0.3, 0.4) is 0 Å². The Balaban J connectivity index is 2.23. The molecule has 0 unspecified atom stereocenters. The summed E-state index contributed by atoms with van der Waals surface area (Å²) in [7, 11) is 0. The van der Waals surface area contributed by atoms with E-state index in [4.69, 9.17) is 5.73 Å². The number of anilines is 1. The molecule has 0 saturated carbocycles. The Morgan fingerprint density at radius 2 is 1.78 bits per heavy atom. The number of benzene rings is 1. The van der Waals surface area contributed by atoms with E-state index in [1.165, 1.54) is 24.0 Å². The Labute approximate surface area is 109 Å². The molecule has 2 rings (SSSR count). The number of nitrogens with zero attached hydrogens (tertiary/aromatic N) is 1. The Bertz CT molecular complexity index is 515. The van der Waals surface area contributed by atoms with E-state index in [9.17, 15) is 0 Å². The fourth-order valence-electron chi connectivity index (χ4n) is 2.12. The lowest BCUT2D eigenvalue weighted by atomic mass is 10.0. The minimum Gasteiger partial charge on any atom is -0.384 e. The van der Waals surface area contributed by atoms with Crippen molar-refractivity contribution in [3.05, 3.63) is 47.7 Å². The zero-order valence-corrected chi connectivity index (χ0v) is 11.1. The summed E-state index contributed by atoms with van der Waals surface area (Å²) in [5, 5.41) is 0. The Morgan fingerprint density at radius 1 is 1.06 bits per heavy atom. The molecule has 2 N–H and O–H groups in total. The first-order chi connectivity index (χ1) is 8.70. The van der Waals surface area contributed by atoms with Crippen LogP contribution in [0.15, 0.2) is 36.4 Å². The van der Waals surface area contributed by atoms with E-state index in [0.717, 1.165) is 17.7 Å². The van der Waals surface area contributed by atoms with E-state index in [1.807, 2.05) is 19.1 Å². The van der Waals surface area contributed by atoms with Crippen molar-refractivity contribution >= 4 is 5.82 Å². The second-order valence-corrected chi connectivity index (χ2v) is 4.67. The summed E-state index contributed by atoms with van der Waals surface area (Å²) in [4.78, 5) is 4.30. The SMILES string of the molecule is CCCCc1ccc(-c2ccc(N)nc2C)cc1. The van der Waals surface area contributed by atoms with Crippen molar-refractivity contribution in [1.29, 1.82) is 0 Å². The summed E-state index contributed by atoms with van der Waals surface area (Å²) in [6.07, 6.45) is 3.65. The predicted molar refractivity (Wildman–Crippen MR) is 77.4 cm³/mol. The van der Waals surface area contributed by atoms with E-state index < -0.39 is 0 Å². The summed E-state index contributed by atoms with van der Waals surface area (Å²) in [6, 6.07) is 12.7. The highest BCUT2D eigenvalue weighted by molar-refractivity contribution is 5.67. The molecule has 0 aliphatic carbocycles. The van der Waals surface area contributed by atoms with Gasteiger partial charge in [0, 0.05) is 11.3 Å². The molecule has 2 heteroatoms. The van der Waals surface area contributed by atoms with Gasteiger partial charge in [-0.15, -0.1) is 0 Å². The zero-order chi connectivity index (χ0) is 13.0. The molecular weight excluding hydrogens is 220 g/mol. The molecular formula is C16H20N2. The highest BCUT2D eigenvalue weighted by atomic mass is 14.8. The Kier molecular flexibility index (Phi) is 3.98. The standard InChI is InChI=1S/C16H20N2/c1-3-4-5-13-6-8-14(9-7-13)15-10-11-16(17)18-12(15)2/h6-11H,3-5H2,1-2H3,(H2,17,18). The molecule has 18 heavy (non-hydrogen) atoms. The molecule has 1 aromatic carbocycles. The van der Waals surface area contributed by atoms with Gasteiger partial charge in [0.2, 0.25) is 0 Å². The number of hydrogen-bond acceptors (Lipinski definition) is 2. The van der Waals surface area contributed by atoms with Gasteiger partial charge in [0.15, 0.2) is 0 Å². The van der Waals surface area contributed by atoms with Crippen LogP contribution >= 0.6 is 0 Å². The number of hydrogen-bond donors (Lipinski definition) is 1. The van der Waals surface area contributed by atoms with Crippen molar-refractivity contribution in [2.24, 2.45) is 0 Å². The number of aryl methyl sites for hydroxylation is 2. The van der Waals surface area contributed by atoms with Crippen LogP contribution in [0.5, 0.6) is 0 Å². The van der Waals surface area contributed by atoms with Gasteiger partial charge in [-0.2, -0.15) is 0 Å². The smallest absolute Gasteiger partial charge is 0.123 e. The van der Waals surface area contributed by atoms with E-state index in [0.29, 0.717) is 5.82 Å². The molecule has 0 saturated heterocycles. The average molecular weight is 240 g/mol. The number of nitrogen functional groups attached to an aromatic ring is 1. The van der Waals surface area contributed by atoms with Crippen molar-refractivity contribution in [2.45, 2.75) is 33.1 Å². The van der Waals surface area contributed by atoms with E-state index in [2.05, 4.69) is 36.2 Å². The highest BCUT2D eigenvalue weighted by Crippen LogP contribution is 2.23. The first kappa shape index (κ1) is 12.6. The topological polar surface area (TPSA) is 38.9 Å². The third-order valence-electron chi connectivity index (χ3n) is 3.19. The van der Waals surface area contributed by atoms with Gasteiger partial charge in [-0.05, 0) is 43.0 Å². The summed E-state index contributed by atoms with van der Waals surface area (Å²) < 4.78 is 0. The lowest BCUT2D eigenvalue weighted by Gasteiger charge is -2.07. The maximum atomic E-state index is 5.67. The minimum absolute atomic E-state index is 0.579.